The second-order valence-corrected chi connectivity index (χ2v) is 10.5. The number of fused-ring (bicyclic) bond motifs is 1. The quantitative estimate of drug-likeness (QED) is 0.384. The zero-order chi connectivity index (χ0) is 27.1. The van der Waals surface area contributed by atoms with Crippen LogP contribution < -0.4 is 4.90 Å². The summed E-state index contributed by atoms with van der Waals surface area (Å²) in [6.45, 7) is 14.9. The number of carbonyl (C=O) groups is 3. The van der Waals surface area contributed by atoms with Gasteiger partial charge in [0.1, 0.15) is 24.2 Å². The number of amides is 2. The molecule has 2 unspecified atom stereocenters. The van der Waals surface area contributed by atoms with Crippen molar-refractivity contribution in [2.45, 2.75) is 70.2 Å². The van der Waals surface area contributed by atoms with Crippen LogP contribution in [0.1, 0.15) is 44.2 Å². The highest BCUT2D eigenvalue weighted by atomic mass is 16.6. The van der Waals surface area contributed by atoms with Crippen molar-refractivity contribution in [2.24, 2.45) is 11.8 Å². The maximum atomic E-state index is 14.6. The molecule has 6 atom stereocenters. The summed E-state index contributed by atoms with van der Waals surface area (Å²) in [5.74, 6) is -2.87. The highest BCUT2D eigenvalue weighted by Gasteiger charge is 2.79. The SMILES string of the molecule is C=CCOC(=O)[C@H]1[C@H]2C(=O)N([C@H](C)CO)C(C(=O)N(CC=C)c3c(C)cccc3C)C23CC[C@]1(CC)O3. The number of aliphatic hydroxyl groups excluding tert-OH is 1. The highest BCUT2D eigenvalue weighted by Crippen LogP contribution is 2.65. The van der Waals surface area contributed by atoms with Crippen LogP contribution in [0.5, 0.6) is 0 Å². The lowest BCUT2D eigenvalue weighted by Gasteiger charge is -2.39. The molecule has 3 saturated heterocycles. The molecule has 0 aromatic heterocycles. The van der Waals surface area contributed by atoms with Crippen LogP contribution in [0.3, 0.4) is 0 Å². The first-order valence-corrected chi connectivity index (χ1v) is 13.0. The highest BCUT2D eigenvalue weighted by molar-refractivity contribution is 6.05. The monoisotopic (exact) mass is 510 g/mol. The average Bonchev–Trinajstić information content (AvgIpc) is 3.49. The molecule has 1 aromatic rings. The maximum absolute atomic E-state index is 14.6. The van der Waals surface area contributed by atoms with E-state index in [1.165, 1.54) is 11.0 Å². The Morgan fingerprint density at radius 2 is 1.95 bits per heavy atom. The molecule has 0 radical (unpaired) electrons. The lowest BCUT2D eigenvalue weighted by molar-refractivity contribution is -0.161. The Morgan fingerprint density at radius 1 is 1.27 bits per heavy atom. The Bertz CT molecular complexity index is 1100. The number of likely N-dealkylation sites (tertiary alicyclic amines) is 1. The zero-order valence-electron chi connectivity index (χ0n) is 22.2. The van der Waals surface area contributed by atoms with Crippen molar-refractivity contribution in [3.05, 3.63) is 54.6 Å². The maximum Gasteiger partial charge on any atom is 0.313 e. The minimum Gasteiger partial charge on any atom is -0.461 e. The first-order chi connectivity index (χ1) is 17.6. The van der Waals surface area contributed by atoms with E-state index in [4.69, 9.17) is 9.47 Å². The molecule has 2 bridgehead atoms. The summed E-state index contributed by atoms with van der Waals surface area (Å²) in [6, 6.07) is 4.17. The number of hydrogen-bond donors (Lipinski definition) is 1. The lowest BCUT2D eigenvalue weighted by Crippen LogP contribution is -2.58. The van der Waals surface area contributed by atoms with Gasteiger partial charge in [-0.1, -0.05) is 43.9 Å². The normalized spacial score (nSPS) is 30.7. The molecule has 3 fully saturated rings. The molecule has 8 heteroatoms. The number of aliphatic hydroxyl groups is 1. The molecule has 8 nitrogen and oxygen atoms in total. The number of esters is 1. The van der Waals surface area contributed by atoms with Gasteiger partial charge in [-0.2, -0.15) is 0 Å². The van der Waals surface area contributed by atoms with Crippen molar-refractivity contribution in [1.29, 1.82) is 0 Å². The van der Waals surface area contributed by atoms with E-state index in [1.54, 1.807) is 17.9 Å². The van der Waals surface area contributed by atoms with Crippen molar-refractivity contribution >= 4 is 23.5 Å². The van der Waals surface area contributed by atoms with Crippen LogP contribution in [-0.4, -0.2) is 70.8 Å². The van der Waals surface area contributed by atoms with E-state index < -0.39 is 41.1 Å². The summed E-state index contributed by atoms with van der Waals surface area (Å²) >= 11 is 0. The van der Waals surface area contributed by atoms with Gasteiger partial charge in [0, 0.05) is 12.2 Å². The van der Waals surface area contributed by atoms with Crippen LogP contribution in [0.15, 0.2) is 43.5 Å². The van der Waals surface area contributed by atoms with Crippen LogP contribution in [0.25, 0.3) is 0 Å². The fraction of sp³-hybridized carbons (Fsp3) is 0.552. The van der Waals surface area contributed by atoms with Gasteiger partial charge in [-0.15, -0.1) is 6.58 Å². The van der Waals surface area contributed by atoms with Crippen LogP contribution in [0.2, 0.25) is 0 Å². The molecule has 1 spiro atoms. The number of benzene rings is 1. The predicted molar refractivity (Wildman–Crippen MR) is 140 cm³/mol. The number of ether oxygens (including phenoxy) is 2. The van der Waals surface area contributed by atoms with E-state index in [0.29, 0.717) is 19.3 Å². The van der Waals surface area contributed by atoms with Crippen molar-refractivity contribution < 1.29 is 29.0 Å². The van der Waals surface area contributed by atoms with Gasteiger partial charge in [0.05, 0.1) is 24.2 Å². The van der Waals surface area contributed by atoms with Gasteiger partial charge in [0.2, 0.25) is 5.91 Å². The van der Waals surface area contributed by atoms with Gasteiger partial charge in [0.15, 0.2) is 0 Å². The van der Waals surface area contributed by atoms with Crippen molar-refractivity contribution in [3.63, 3.8) is 0 Å². The van der Waals surface area contributed by atoms with E-state index in [1.807, 2.05) is 39.0 Å². The second kappa shape index (κ2) is 10.1. The van der Waals surface area contributed by atoms with Crippen LogP contribution in [-0.2, 0) is 23.9 Å². The van der Waals surface area contributed by atoms with Gasteiger partial charge in [-0.05, 0) is 51.2 Å². The Morgan fingerprint density at radius 3 is 2.51 bits per heavy atom. The molecule has 3 aliphatic heterocycles. The molecule has 3 aliphatic rings. The van der Waals surface area contributed by atoms with Gasteiger partial charge < -0.3 is 24.4 Å². The van der Waals surface area contributed by atoms with Crippen LogP contribution >= 0.6 is 0 Å². The molecule has 1 aromatic carbocycles. The predicted octanol–water partition coefficient (Wildman–Crippen LogP) is 3.09. The van der Waals surface area contributed by atoms with E-state index in [-0.39, 0.29) is 31.6 Å². The molecule has 0 aliphatic carbocycles. The van der Waals surface area contributed by atoms with Crippen LogP contribution in [0.4, 0.5) is 5.69 Å². The third-order valence-electron chi connectivity index (χ3n) is 8.48. The van der Waals surface area contributed by atoms with Crippen molar-refractivity contribution in [1.82, 2.24) is 4.90 Å². The molecule has 2 amide bonds. The van der Waals surface area contributed by atoms with Gasteiger partial charge >= 0.3 is 5.97 Å². The number of anilines is 1. The fourth-order valence-electron chi connectivity index (χ4n) is 6.89. The zero-order valence-corrected chi connectivity index (χ0v) is 22.2. The Kier molecular flexibility index (Phi) is 7.36. The number of rotatable bonds is 10. The summed E-state index contributed by atoms with van der Waals surface area (Å²) in [5.41, 5.74) is 0.524. The molecule has 0 saturated carbocycles. The van der Waals surface area contributed by atoms with Gasteiger partial charge in [-0.25, -0.2) is 0 Å². The summed E-state index contributed by atoms with van der Waals surface area (Å²) in [5, 5.41) is 10.1. The summed E-state index contributed by atoms with van der Waals surface area (Å²) < 4.78 is 12.2. The van der Waals surface area contributed by atoms with E-state index in [9.17, 15) is 19.5 Å². The number of aryl methyl sites for hydroxylation is 2. The standard InChI is InChI=1S/C29H38N2O6/c1-7-15-30(23-18(4)11-10-12-19(23)5)26(34)24-29-14-13-28(9-3,37-29)22(27(35)36-16-8-2)21(29)25(33)31(24)20(6)17-32/h7-8,10-12,20-22,24,32H,1-2,9,13-17H2,3-6H3/t20-,21+,22-,24?,28+,29?/m1/s1. The fourth-order valence-corrected chi connectivity index (χ4v) is 6.89. The van der Waals surface area contributed by atoms with Crippen molar-refractivity contribution in [3.8, 4) is 0 Å². The summed E-state index contributed by atoms with van der Waals surface area (Å²) in [6.07, 6.45) is 4.65. The third-order valence-corrected chi connectivity index (χ3v) is 8.48. The summed E-state index contributed by atoms with van der Waals surface area (Å²) in [7, 11) is 0. The Hall–Kier alpha value is -2.97. The largest absolute Gasteiger partial charge is 0.461 e. The molecule has 4 rings (SSSR count). The smallest absolute Gasteiger partial charge is 0.313 e. The molecule has 3 heterocycles. The van der Waals surface area contributed by atoms with Gasteiger partial charge in [-0.3, -0.25) is 14.4 Å². The minimum absolute atomic E-state index is 0.0296. The number of hydrogen-bond acceptors (Lipinski definition) is 6. The van der Waals surface area contributed by atoms with E-state index in [2.05, 4.69) is 13.2 Å². The molecule has 37 heavy (non-hydrogen) atoms. The average molecular weight is 511 g/mol. The number of carbonyl (C=O) groups excluding carboxylic acids is 3. The summed E-state index contributed by atoms with van der Waals surface area (Å²) in [4.78, 5) is 45.1. The molecule has 200 valence electrons. The Balaban J connectivity index is 1.86. The minimum atomic E-state index is -1.19. The van der Waals surface area contributed by atoms with Crippen molar-refractivity contribution in [2.75, 3.05) is 24.7 Å². The number of para-hydroxylation sites is 1. The Labute approximate surface area is 218 Å². The first-order valence-electron chi connectivity index (χ1n) is 13.0. The van der Waals surface area contributed by atoms with Crippen LogP contribution in [0, 0.1) is 25.7 Å². The lowest BCUT2D eigenvalue weighted by atomic mass is 9.65. The van der Waals surface area contributed by atoms with E-state index in [0.717, 1.165) is 16.8 Å². The second-order valence-electron chi connectivity index (χ2n) is 10.5. The van der Waals surface area contributed by atoms with Gasteiger partial charge in [0.25, 0.3) is 5.91 Å². The molecular weight excluding hydrogens is 472 g/mol. The molecule has 1 N–H and O–H groups in total. The number of nitrogens with zero attached hydrogens (tertiary/aromatic N) is 2. The van der Waals surface area contributed by atoms with E-state index >= 15 is 0 Å². The topological polar surface area (TPSA) is 96.4 Å². The molecular formula is C29H38N2O6. The first kappa shape index (κ1) is 27.1. The third kappa shape index (κ3) is 3.92.